The van der Waals surface area contributed by atoms with E-state index in [0.29, 0.717) is 18.6 Å². The first-order valence-electron chi connectivity index (χ1n) is 6.42. The van der Waals surface area contributed by atoms with Crippen LogP contribution in [0.5, 0.6) is 0 Å². The van der Waals surface area contributed by atoms with Crippen LogP contribution in [0.4, 0.5) is 0 Å². The first-order valence-corrected chi connectivity index (χ1v) is 6.42. The molecule has 1 N–H and O–H groups in total. The van der Waals surface area contributed by atoms with Gasteiger partial charge in [0, 0.05) is 26.2 Å². The third kappa shape index (κ3) is 2.55. The third-order valence-electron chi connectivity index (χ3n) is 3.46. The number of nitrogens with one attached hydrogen (secondary N) is 1. The van der Waals surface area contributed by atoms with Gasteiger partial charge in [-0.05, 0) is 19.3 Å². The van der Waals surface area contributed by atoms with Gasteiger partial charge in [-0.15, -0.1) is 0 Å². The number of nitrogens with zero attached hydrogens (tertiary/aromatic N) is 1. The number of hydrogen-bond acceptors (Lipinski definition) is 3. The normalized spacial score (nSPS) is 26.2. The summed E-state index contributed by atoms with van der Waals surface area (Å²) in [5, 5.41) is 3.23. The van der Waals surface area contributed by atoms with Crippen LogP contribution in [0.3, 0.4) is 0 Å². The fraction of sp³-hybridized carbons (Fsp3) is 0.917. The molecule has 1 amide bonds. The molecule has 2 aliphatic rings. The minimum Gasteiger partial charge on any atom is -0.381 e. The summed E-state index contributed by atoms with van der Waals surface area (Å²) in [4.78, 5) is 14.4. The van der Waals surface area contributed by atoms with E-state index in [1.54, 1.807) is 0 Å². The topological polar surface area (TPSA) is 41.6 Å². The number of carbonyl (C=O) groups excluding carboxylic acids is 1. The van der Waals surface area contributed by atoms with E-state index in [0.717, 1.165) is 45.5 Å². The van der Waals surface area contributed by atoms with E-state index < -0.39 is 0 Å². The Morgan fingerprint density at radius 3 is 2.81 bits per heavy atom. The summed E-state index contributed by atoms with van der Waals surface area (Å²) in [6.07, 6.45) is 3.06. The van der Waals surface area contributed by atoms with Crippen molar-refractivity contribution < 1.29 is 9.53 Å². The minimum absolute atomic E-state index is 0.112. The lowest BCUT2D eigenvalue weighted by Gasteiger charge is -2.40. The number of hydrogen-bond donors (Lipinski definition) is 1. The number of carbonyl (C=O) groups is 1. The van der Waals surface area contributed by atoms with Crippen molar-refractivity contribution in [2.45, 2.75) is 32.2 Å². The summed E-state index contributed by atoms with van der Waals surface area (Å²) in [6, 6.07) is 0.425. The molecule has 2 heterocycles. The summed E-state index contributed by atoms with van der Waals surface area (Å²) >= 11 is 0. The zero-order valence-electron chi connectivity index (χ0n) is 10.1. The monoisotopic (exact) mass is 226 g/mol. The summed E-state index contributed by atoms with van der Waals surface area (Å²) in [5.41, 5.74) is 0. The van der Waals surface area contributed by atoms with Gasteiger partial charge in [-0.2, -0.15) is 0 Å². The lowest BCUT2D eigenvalue weighted by Crippen LogP contribution is -2.60. The fourth-order valence-corrected chi connectivity index (χ4v) is 2.38. The highest BCUT2D eigenvalue weighted by atomic mass is 16.5. The van der Waals surface area contributed by atoms with Crippen molar-refractivity contribution >= 4 is 5.91 Å². The number of ether oxygens (including phenoxy) is 1. The summed E-state index contributed by atoms with van der Waals surface area (Å²) in [7, 11) is 0. The van der Waals surface area contributed by atoms with E-state index in [9.17, 15) is 4.79 Å². The molecule has 16 heavy (non-hydrogen) atoms. The Balaban J connectivity index is 1.92. The van der Waals surface area contributed by atoms with Crippen LogP contribution >= 0.6 is 0 Å². The van der Waals surface area contributed by atoms with Gasteiger partial charge < -0.3 is 15.0 Å². The van der Waals surface area contributed by atoms with Gasteiger partial charge in [0.2, 0.25) is 5.91 Å². The Morgan fingerprint density at radius 1 is 1.50 bits per heavy atom. The van der Waals surface area contributed by atoms with Gasteiger partial charge in [0.15, 0.2) is 0 Å². The van der Waals surface area contributed by atoms with Gasteiger partial charge in [0.05, 0.1) is 18.6 Å². The molecular formula is C12H22N2O2. The molecule has 4 heteroatoms. The smallest absolute Gasteiger partial charge is 0.228 e. The molecule has 4 nitrogen and oxygen atoms in total. The van der Waals surface area contributed by atoms with E-state index in [-0.39, 0.29) is 5.92 Å². The number of rotatable bonds is 4. The van der Waals surface area contributed by atoms with Crippen LogP contribution in [-0.4, -0.2) is 49.7 Å². The summed E-state index contributed by atoms with van der Waals surface area (Å²) < 4.78 is 5.40. The molecule has 0 spiro atoms. The fourth-order valence-electron chi connectivity index (χ4n) is 2.38. The van der Waals surface area contributed by atoms with Gasteiger partial charge in [-0.3, -0.25) is 4.79 Å². The lowest BCUT2D eigenvalue weighted by atomic mass is 9.98. The molecule has 0 saturated carbocycles. The molecule has 2 aliphatic heterocycles. The SMILES string of the molecule is CCCN(C(=O)C1CCCOC1)C1CNC1. The molecule has 1 atom stereocenters. The van der Waals surface area contributed by atoms with Crippen molar-refractivity contribution in [1.29, 1.82) is 0 Å². The maximum Gasteiger partial charge on any atom is 0.228 e. The van der Waals surface area contributed by atoms with Gasteiger partial charge in [0.25, 0.3) is 0 Å². The molecule has 0 aliphatic carbocycles. The zero-order chi connectivity index (χ0) is 11.4. The Hall–Kier alpha value is -0.610. The van der Waals surface area contributed by atoms with Crippen molar-refractivity contribution in [3.63, 3.8) is 0 Å². The van der Waals surface area contributed by atoms with Crippen LogP contribution in [0.2, 0.25) is 0 Å². The maximum atomic E-state index is 12.3. The standard InChI is InChI=1S/C12H22N2O2/c1-2-5-14(11-7-13-8-11)12(15)10-4-3-6-16-9-10/h10-11,13H,2-9H2,1H3. The molecule has 0 aromatic heterocycles. The predicted molar refractivity (Wildman–Crippen MR) is 62.2 cm³/mol. The van der Waals surface area contributed by atoms with E-state index in [1.165, 1.54) is 0 Å². The van der Waals surface area contributed by atoms with E-state index in [4.69, 9.17) is 4.74 Å². The highest BCUT2D eigenvalue weighted by molar-refractivity contribution is 5.79. The molecule has 1 unspecified atom stereocenters. The molecule has 0 aromatic rings. The zero-order valence-corrected chi connectivity index (χ0v) is 10.1. The minimum atomic E-state index is 0.112. The van der Waals surface area contributed by atoms with Crippen molar-refractivity contribution in [3.05, 3.63) is 0 Å². The van der Waals surface area contributed by atoms with Crippen molar-refractivity contribution in [1.82, 2.24) is 10.2 Å². The number of amides is 1. The van der Waals surface area contributed by atoms with Crippen LogP contribution in [0.1, 0.15) is 26.2 Å². The second-order valence-corrected chi connectivity index (χ2v) is 4.76. The van der Waals surface area contributed by atoms with Crippen LogP contribution in [-0.2, 0) is 9.53 Å². The quantitative estimate of drug-likeness (QED) is 0.764. The largest absolute Gasteiger partial charge is 0.381 e. The Labute approximate surface area is 97.3 Å². The molecule has 2 saturated heterocycles. The van der Waals surface area contributed by atoms with Crippen molar-refractivity contribution in [3.8, 4) is 0 Å². The van der Waals surface area contributed by atoms with Crippen molar-refractivity contribution in [2.24, 2.45) is 5.92 Å². The van der Waals surface area contributed by atoms with Gasteiger partial charge in [-0.25, -0.2) is 0 Å². The van der Waals surface area contributed by atoms with Crippen LogP contribution < -0.4 is 5.32 Å². The van der Waals surface area contributed by atoms with Crippen LogP contribution in [0.25, 0.3) is 0 Å². The lowest BCUT2D eigenvalue weighted by molar-refractivity contribution is -0.143. The van der Waals surface area contributed by atoms with Gasteiger partial charge >= 0.3 is 0 Å². The van der Waals surface area contributed by atoms with Gasteiger partial charge in [0.1, 0.15) is 0 Å². The summed E-state index contributed by atoms with van der Waals surface area (Å²) in [6.45, 7) is 6.38. The third-order valence-corrected chi connectivity index (χ3v) is 3.46. The Kier molecular flexibility index (Phi) is 4.18. The van der Waals surface area contributed by atoms with Gasteiger partial charge in [-0.1, -0.05) is 6.92 Å². The Bertz CT molecular complexity index is 235. The second kappa shape index (κ2) is 5.64. The molecule has 0 bridgehead atoms. The predicted octanol–water partition coefficient (Wildman–Crippen LogP) is 0.623. The Morgan fingerprint density at radius 2 is 2.31 bits per heavy atom. The summed E-state index contributed by atoms with van der Waals surface area (Å²) in [5.74, 6) is 0.425. The van der Waals surface area contributed by atoms with Crippen LogP contribution in [0.15, 0.2) is 0 Å². The molecule has 92 valence electrons. The second-order valence-electron chi connectivity index (χ2n) is 4.76. The van der Waals surface area contributed by atoms with Crippen molar-refractivity contribution in [2.75, 3.05) is 32.8 Å². The first-order chi connectivity index (χ1) is 7.83. The maximum absolute atomic E-state index is 12.3. The molecule has 2 fully saturated rings. The highest BCUT2D eigenvalue weighted by Gasteiger charge is 2.32. The molecule has 0 radical (unpaired) electrons. The molecular weight excluding hydrogens is 204 g/mol. The van der Waals surface area contributed by atoms with E-state index in [1.807, 2.05) is 0 Å². The van der Waals surface area contributed by atoms with E-state index >= 15 is 0 Å². The van der Waals surface area contributed by atoms with Crippen LogP contribution in [0, 0.1) is 5.92 Å². The first kappa shape index (κ1) is 11.9. The highest BCUT2D eigenvalue weighted by Crippen LogP contribution is 2.19. The molecule has 0 aromatic carbocycles. The average molecular weight is 226 g/mol. The van der Waals surface area contributed by atoms with E-state index in [2.05, 4.69) is 17.1 Å². The average Bonchev–Trinajstić information content (AvgIpc) is 2.26. The molecule has 2 rings (SSSR count).